The summed E-state index contributed by atoms with van der Waals surface area (Å²) in [6, 6.07) is 9.99. The van der Waals surface area contributed by atoms with Crippen molar-refractivity contribution in [3.63, 3.8) is 0 Å². The summed E-state index contributed by atoms with van der Waals surface area (Å²) in [5.74, 6) is -0.311. The molecule has 0 N–H and O–H groups in total. The summed E-state index contributed by atoms with van der Waals surface area (Å²) in [7, 11) is 0. The topological polar surface area (TPSA) is 46.1 Å². The van der Waals surface area contributed by atoms with Gasteiger partial charge in [0.25, 0.3) is 5.91 Å². The largest absolute Gasteiger partial charge is 0.416 e. The van der Waals surface area contributed by atoms with Crippen LogP contribution in [0, 0.1) is 0 Å². The van der Waals surface area contributed by atoms with E-state index in [-0.39, 0.29) is 11.6 Å². The van der Waals surface area contributed by atoms with Gasteiger partial charge < -0.3 is 4.90 Å². The quantitative estimate of drug-likeness (QED) is 0.560. The minimum atomic E-state index is -4.41. The number of aryl methyl sites for hydroxylation is 1. The smallest absolute Gasteiger partial charge is 0.307 e. The molecule has 29 heavy (non-hydrogen) atoms. The molecule has 0 saturated heterocycles. The summed E-state index contributed by atoms with van der Waals surface area (Å²) < 4.78 is 38.3. The van der Waals surface area contributed by atoms with Crippen LogP contribution >= 0.6 is 11.6 Å². The maximum absolute atomic E-state index is 13.1. The highest BCUT2D eigenvalue weighted by Crippen LogP contribution is 2.32. The molecule has 2 aromatic carbocycles. The highest BCUT2D eigenvalue weighted by Gasteiger charge is 2.30. The molecule has 0 bridgehead atoms. The molecule has 0 saturated carbocycles. The van der Waals surface area contributed by atoms with Gasteiger partial charge in [0.15, 0.2) is 0 Å². The lowest BCUT2D eigenvalue weighted by atomic mass is 10.0. The Morgan fingerprint density at radius 2 is 1.83 bits per heavy atom. The third kappa shape index (κ3) is 3.96. The summed E-state index contributed by atoms with van der Waals surface area (Å²) in [5, 5.41) is 0.613. The first-order valence-electron chi connectivity index (χ1n) is 8.93. The molecule has 1 aliphatic rings. The zero-order valence-corrected chi connectivity index (χ0v) is 15.8. The van der Waals surface area contributed by atoms with Crippen LogP contribution in [-0.4, -0.2) is 22.4 Å². The van der Waals surface area contributed by atoms with Gasteiger partial charge in [-0.1, -0.05) is 23.7 Å². The minimum Gasteiger partial charge on any atom is -0.307 e. The van der Waals surface area contributed by atoms with Gasteiger partial charge >= 0.3 is 6.18 Å². The number of nitrogens with zero attached hydrogens (tertiary/aromatic N) is 3. The van der Waals surface area contributed by atoms with Crippen LogP contribution in [0.25, 0.3) is 11.3 Å². The van der Waals surface area contributed by atoms with Crippen LogP contribution in [0.2, 0.25) is 5.02 Å². The van der Waals surface area contributed by atoms with Gasteiger partial charge in [-0.15, -0.1) is 0 Å². The van der Waals surface area contributed by atoms with Crippen molar-refractivity contribution in [2.45, 2.75) is 19.0 Å². The zero-order valence-electron chi connectivity index (χ0n) is 15.1. The van der Waals surface area contributed by atoms with E-state index in [0.717, 1.165) is 36.2 Å². The Morgan fingerprint density at radius 3 is 2.55 bits per heavy atom. The molecule has 3 aromatic rings. The third-order valence-electron chi connectivity index (χ3n) is 4.77. The second-order valence-corrected chi connectivity index (χ2v) is 7.13. The molecular weight excluding hydrogens is 403 g/mol. The van der Waals surface area contributed by atoms with Crippen molar-refractivity contribution in [2.24, 2.45) is 0 Å². The van der Waals surface area contributed by atoms with Gasteiger partial charge in [-0.3, -0.25) is 9.78 Å². The molecule has 4 rings (SSSR count). The predicted octanol–water partition coefficient (Wildman–Crippen LogP) is 5.41. The lowest BCUT2D eigenvalue weighted by Gasteiger charge is -2.29. The van der Waals surface area contributed by atoms with Crippen LogP contribution in [0.5, 0.6) is 0 Å². The number of fused-ring (bicyclic) bond motifs is 1. The summed E-state index contributed by atoms with van der Waals surface area (Å²) in [6.07, 6.45) is -0.00195. The van der Waals surface area contributed by atoms with E-state index in [0.29, 0.717) is 22.8 Å². The SMILES string of the molecule is O=C(c1cncc(-c2ccc(C(F)(F)F)cc2)n1)N1CCCc2cc(Cl)ccc21. The minimum absolute atomic E-state index is 0.130. The molecule has 148 valence electrons. The molecule has 0 atom stereocenters. The maximum Gasteiger partial charge on any atom is 0.416 e. The van der Waals surface area contributed by atoms with Crippen LogP contribution in [0.3, 0.4) is 0 Å². The predicted molar refractivity (Wildman–Crippen MR) is 104 cm³/mol. The molecule has 0 aliphatic carbocycles. The van der Waals surface area contributed by atoms with E-state index in [1.165, 1.54) is 24.5 Å². The fourth-order valence-corrected chi connectivity index (χ4v) is 3.55. The summed E-state index contributed by atoms with van der Waals surface area (Å²) in [5.41, 5.74) is 1.94. The average Bonchev–Trinajstić information content (AvgIpc) is 2.72. The lowest BCUT2D eigenvalue weighted by Crippen LogP contribution is -2.36. The molecule has 1 aliphatic heterocycles. The molecule has 1 aromatic heterocycles. The first kappa shape index (κ1) is 19.4. The van der Waals surface area contributed by atoms with Crippen LogP contribution < -0.4 is 4.90 Å². The standard InChI is InChI=1S/C21H15ClF3N3O/c22-16-7-8-19-14(10-16)2-1-9-28(19)20(29)18-12-26-11-17(27-18)13-3-5-15(6-4-13)21(23,24)25/h3-8,10-12H,1-2,9H2. The van der Waals surface area contributed by atoms with Crippen LogP contribution in [0.4, 0.5) is 18.9 Å². The number of carbonyl (C=O) groups is 1. The Labute approximate surface area is 170 Å². The number of hydrogen-bond donors (Lipinski definition) is 0. The van der Waals surface area contributed by atoms with Gasteiger partial charge in [0.1, 0.15) is 5.69 Å². The highest BCUT2D eigenvalue weighted by atomic mass is 35.5. The first-order valence-corrected chi connectivity index (χ1v) is 9.31. The van der Waals surface area contributed by atoms with Crippen LogP contribution in [-0.2, 0) is 12.6 Å². The molecule has 2 heterocycles. The van der Waals surface area contributed by atoms with E-state index in [1.54, 1.807) is 11.0 Å². The van der Waals surface area contributed by atoms with Crippen molar-refractivity contribution >= 4 is 23.2 Å². The molecule has 0 spiro atoms. The summed E-state index contributed by atoms with van der Waals surface area (Å²) >= 11 is 6.05. The molecule has 0 unspecified atom stereocenters. The molecule has 0 radical (unpaired) electrons. The molecule has 4 nitrogen and oxygen atoms in total. The van der Waals surface area contributed by atoms with E-state index in [9.17, 15) is 18.0 Å². The maximum atomic E-state index is 13.1. The molecule has 1 amide bonds. The van der Waals surface area contributed by atoms with Crippen molar-refractivity contribution in [1.29, 1.82) is 0 Å². The normalized spacial score (nSPS) is 13.9. The van der Waals surface area contributed by atoms with Gasteiger partial charge in [0, 0.05) is 22.8 Å². The Balaban J connectivity index is 1.64. The monoisotopic (exact) mass is 417 g/mol. The Kier molecular flexibility index (Phi) is 5.00. The molecule has 0 fully saturated rings. The number of amides is 1. The van der Waals surface area contributed by atoms with Gasteiger partial charge in [-0.25, -0.2) is 4.98 Å². The van der Waals surface area contributed by atoms with Gasteiger partial charge in [0.2, 0.25) is 0 Å². The molecule has 8 heteroatoms. The van der Waals surface area contributed by atoms with E-state index in [4.69, 9.17) is 11.6 Å². The second-order valence-electron chi connectivity index (χ2n) is 6.70. The van der Waals surface area contributed by atoms with E-state index >= 15 is 0 Å². The third-order valence-corrected chi connectivity index (χ3v) is 5.00. The van der Waals surface area contributed by atoms with Crippen molar-refractivity contribution in [2.75, 3.05) is 11.4 Å². The van der Waals surface area contributed by atoms with Crippen molar-refractivity contribution in [3.8, 4) is 11.3 Å². The van der Waals surface area contributed by atoms with E-state index in [2.05, 4.69) is 9.97 Å². The Bertz CT molecular complexity index is 1070. The number of anilines is 1. The van der Waals surface area contributed by atoms with Gasteiger partial charge in [-0.05, 0) is 48.7 Å². The summed E-state index contributed by atoms with van der Waals surface area (Å²) in [6.45, 7) is 0.541. The number of carbonyl (C=O) groups excluding carboxylic acids is 1. The van der Waals surface area contributed by atoms with Crippen molar-refractivity contribution < 1.29 is 18.0 Å². The summed E-state index contributed by atoms with van der Waals surface area (Å²) in [4.78, 5) is 23.1. The van der Waals surface area contributed by atoms with Crippen LogP contribution in [0.1, 0.15) is 28.0 Å². The lowest BCUT2D eigenvalue weighted by molar-refractivity contribution is -0.137. The van der Waals surface area contributed by atoms with E-state index < -0.39 is 11.7 Å². The molecular formula is C21H15ClF3N3O. The number of rotatable bonds is 2. The number of aromatic nitrogens is 2. The number of benzene rings is 2. The number of halogens is 4. The van der Waals surface area contributed by atoms with E-state index in [1.807, 2.05) is 12.1 Å². The van der Waals surface area contributed by atoms with Gasteiger partial charge in [0.05, 0.1) is 23.7 Å². The fraction of sp³-hybridized carbons (Fsp3) is 0.190. The zero-order chi connectivity index (χ0) is 20.6. The first-order chi connectivity index (χ1) is 13.8. The van der Waals surface area contributed by atoms with Crippen molar-refractivity contribution in [3.05, 3.63) is 76.7 Å². The Hall–Kier alpha value is -2.93. The van der Waals surface area contributed by atoms with Crippen LogP contribution in [0.15, 0.2) is 54.9 Å². The number of hydrogen-bond acceptors (Lipinski definition) is 3. The second kappa shape index (κ2) is 7.48. The average molecular weight is 418 g/mol. The van der Waals surface area contributed by atoms with Gasteiger partial charge in [-0.2, -0.15) is 13.2 Å². The fourth-order valence-electron chi connectivity index (χ4n) is 3.35. The number of alkyl halides is 3. The van der Waals surface area contributed by atoms with Crippen molar-refractivity contribution in [1.82, 2.24) is 9.97 Å². The highest BCUT2D eigenvalue weighted by molar-refractivity contribution is 6.30. The Morgan fingerprint density at radius 1 is 1.07 bits per heavy atom.